The van der Waals surface area contributed by atoms with Crippen LogP contribution in [-0.4, -0.2) is 46.6 Å². The van der Waals surface area contributed by atoms with Gasteiger partial charge in [-0.1, -0.05) is 0 Å². The van der Waals surface area contributed by atoms with E-state index in [2.05, 4.69) is 20.2 Å². The molecule has 3 heterocycles. The number of rotatable bonds is 7. The first-order chi connectivity index (χ1) is 15.7. The number of ether oxygens (including phenoxy) is 2. The predicted molar refractivity (Wildman–Crippen MR) is 114 cm³/mol. The fourth-order valence-corrected chi connectivity index (χ4v) is 3.73. The van der Waals surface area contributed by atoms with E-state index in [-0.39, 0.29) is 29.2 Å². The smallest absolute Gasteiger partial charge is 0.416 e. The number of hydrogen-bond acceptors (Lipinski definition) is 8. The van der Waals surface area contributed by atoms with Crippen LogP contribution in [0.5, 0.6) is 17.5 Å². The summed E-state index contributed by atoms with van der Waals surface area (Å²) in [5, 5.41) is 6.13. The first-order valence-electron chi connectivity index (χ1n) is 9.39. The Morgan fingerprint density at radius 1 is 1.36 bits per heavy atom. The number of fused-ring (bicyclic) bond motifs is 1. The van der Waals surface area contributed by atoms with Crippen LogP contribution in [0.4, 0.5) is 15.0 Å². The maximum Gasteiger partial charge on any atom is 0.416 e. The van der Waals surface area contributed by atoms with Crippen LogP contribution in [0.15, 0.2) is 30.5 Å². The zero-order valence-electron chi connectivity index (χ0n) is 17.2. The molecule has 0 spiro atoms. The molecule has 2 aromatic heterocycles. The third-order valence-corrected chi connectivity index (χ3v) is 5.96. The van der Waals surface area contributed by atoms with Crippen LogP contribution in [0.25, 0.3) is 0 Å². The first-order valence-corrected chi connectivity index (χ1v) is 11.3. The van der Waals surface area contributed by atoms with Gasteiger partial charge in [0.1, 0.15) is 11.5 Å². The lowest BCUT2D eigenvalue weighted by Gasteiger charge is -2.34. The second kappa shape index (κ2) is 8.80. The summed E-state index contributed by atoms with van der Waals surface area (Å²) >= 11 is 5.65. The second-order valence-corrected chi connectivity index (χ2v) is 8.78. The minimum Gasteiger partial charge on any atom is -0.424 e. The summed E-state index contributed by atoms with van der Waals surface area (Å²) in [4.78, 5) is 21.5. The number of carbonyl (C=O) groups excluding carboxylic acids is 1. The van der Waals surface area contributed by atoms with Crippen LogP contribution < -0.4 is 18.9 Å². The van der Waals surface area contributed by atoms with Gasteiger partial charge >= 0.3 is 12.1 Å². The first kappa shape index (κ1) is 22.7. The van der Waals surface area contributed by atoms with E-state index in [9.17, 15) is 17.6 Å². The number of anilines is 1. The quantitative estimate of drug-likeness (QED) is 0.450. The van der Waals surface area contributed by atoms with Crippen molar-refractivity contribution in [2.75, 3.05) is 11.8 Å². The molecule has 1 unspecified atom stereocenters. The van der Waals surface area contributed by atoms with Crippen molar-refractivity contribution in [3.8, 4) is 17.5 Å². The predicted octanol–water partition coefficient (Wildman–Crippen LogP) is 2.74. The molecule has 0 saturated heterocycles. The third-order valence-electron chi connectivity index (χ3n) is 4.80. The fourth-order valence-electron chi connectivity index (χ4n) is 3.12. The number of nitrogens with zero attached hydrogens (tertiary/aromatic N) is 4. The molecule has 3 aromatic rings. The van der Waals surface area contributed by atoms with E-state index in [0.29, 0.717) is 11.3 Å². The average molecular weight is 498 g/mol. The Balaban J connectivity index is 1.55. The Kier molecular flexibility index (Phi) is 6.05. The van der Waals surface area contributed by atoms with Crippen LogP contribution >= 0.6 is 11.6 Å². The molecule has 1 aliphatic rings. The molecule has 1 aliphatic heterocycles. The topological polar surface area (TPSA) is 151 Å². The average Bonchev–Trinajstić information content (AvgIpc) is 3.17. The van der Waals surface area contributed by atoms with Gasteiger partial charge in [0.05, 0.1) is 12.6 Å². The molecule has 174 valence electrons. The highest BCUT2D eigenvalue weighted by Gasteiger charge is 2.33. The molecule has 0 bridgehead atoms. The Hall–Kier alpha value is -3.49. The maximum absolute atomic E-state index is 14.9. The molecular weight excluding hydrogens is 481 g/mol. The van der Waals surface area contributed by atoms with Gasteiger partial charge in [0.2, 0.25) is 5.28 Å². The third kappa shape index (κ3) is 4.81. The largest absolute Gasteiger partial charge is 0.424 e. The SMILES string of the molecule is CNS(=O)(=O)Nc1nccc(CN2C(=O)Oc3cc(Oc4nc(Cl)n[nH]4)ccc3C2C)c1F. The van der Waals surface area contributed by atoms with Crippen molar-refractivity contribution in [3.63, 3.8) is 0 Å². The molecule has 0 fully saturated rings. The lowest BCUT2D eigenvalue weighted by molar-refractivity contribution is 0.116. The van der Waals surface area contributed by atoms with Crippen molar-refractivity contribution in [2.24, 2.45) is 0 Å². The summed E-state index contributed by atoms with van der Waals surface area (Å²) in [5.41, 5.74) is 0.705. The van der Waals surface area contributed by atoms with Crippen LogP contribution in [0.1, 0.15) is 24.1 Å². The number of amides is 1. The number of nitrogens with one attached hydrogen (secondary N) is 3. The van der Waals surface area contributed by atoms with Gasteiger partial charge in [-0.3, -0.25) is 9.62 Å². The Labute approximate surface area is 192 Å². The summed E-state index contributed by atoms with van der Waals surface area (Å²) in [6.07, 6.45) is 0.516. The second-order valence-electron chi connectivity index (χ2n) is 6.83. The molecule has 0 aliphatic carbocycles. The number of aromatic amines is 1. The molecule has 3 N–H and O–H groups in total. The van der Waals surface area contributed by atoms with E-state index in [4.69, 9.17) is 21.1 Å². The van der Waals surface area contributed by atoms with Crippen molar-refractivity contribution in [2.45, 2.75) is 19.5 Å². The standard InChI is InChI=1S/C18H17ClFN7O5S/c1-9-12-4-3-11(31-17-23-16(19)24-25-17)7-13(12)32-18(28)27(9)8-10-5-6-22-15(14(10)20)26-33(29,30)21-2/h3-7,9,21H,8H2,1-2H3,(H,22,26)(H,23,24,25). The maximum atomic E-state index is 14.9. The Bertz CT molecular complexity index is 1320. The summed E-state index contributed by atoms with van der Waals surface area (Å²) in [6, 6.07) is 5.77. The highest BCUT2D eigenvalue weighted by Crippen LogP contribution is 2.38. The molecule has 0 radical (unpaired) electrons. The van der Waals surface area contributed by atoms with Crippen molar-refractivity contribution in [1.29, 1.82) is 0 Å². The molecule has 12 nitrogen and oxygen atoms in total. The van der Waals surface area contributed by atoms with Crippen molar-refractivity contribution >= 4 is 33.7 Å². The summed E-state index contributed by atoms with van der Waals surface area (Å²) in [6.45, 7) is 1.57. The number of hydrogen-bond donors (Lipinski definition) is 3. The van der Waals surface area contributed by atoms with Crippen LogP contribution in [0.3, 0.4) is 0 Å². The number of benzene rings is 1. The molecule has 0 saturated carbocycles. The van der Waals surface area contributed by atoms with Gasteiger partial charge in [0.25, 0.3) is 10.2 Å². The number of H-pyrrole nitrogens is 1. The van der Waals surface area contributed by atoms with Gasteiger partial charge < -0.3 is 9.47 Å². The van der Waals surface area contributed by atoms with E-state index in [1.807, 2.05) is 9.44 Å². The molecule has 1 atom stereocenters. The van der Waals surface area contributed by atoms with Crippen LogP contribution in [0.2, 0.25) is 5.28 Å². The van der Waals surface area contributed by atoms with Crippen LogP contribution in [0, 0.1) is 5.82 Å². The van der Waals surface area contributed by atoms with Gasteiger partial charge in [-0.15, -0.1) is 5.10 Å². The Morgan fingerprint density at radius 3 is 2.85 bits per heavy atom. The van der Waals surface area contributed by atoms with Gasteiger partial charge in [-0.25, -0.2) is 24.0 Å². The van der Waals surface area contributed by atoms with Gasteiger partial charge in [-0.05, 0) is 36.7 Å². The van der Waals surface area contributed by atoms with Gasteiger partial charge in [0, 0.05) is 30.4 Å². The number of pyridine rings is 1. The Morgan fingerprint density at radius 2 is 2.15 bits per heavy atom. The molecule has 1 amide bonds. The minimum absolute atomic E-state index is 0.0103. The lowest BCUT2D eigenvalue weighted by atomic mass is 10.0. The molecule has 15 heteroatoms. The van der Waals surface area contributed by atoms with E-state index < -0.39 is 34.0 Å². The van der Waals surface area contributed by atoms with E-state index >= 15 is 0 Å². The summed E-state index contributed by atoms with van der Waals surface area (Å²) in [7, 11) is -2.80. The highest BCUT2D eigenvalue weighted by molar-refractivity contribution is 7.90. The van der Waals surface area contributed by atoms with E-state index in [0.717, 1.165) is 0 Å². The van der Waals surface area contributed by atoms with Crippen molar-refractivity contribution in [1.82, 2.24) is 29.8 Å². The van der Waals surface area contributed by atoms with Gasteiger partial charge in [-0.2, -0.15) is 13.4 Å². The number of carbonyl (C=O) groups is 1. The van der Waals surface area contributed by atoms with E-state index in [1.54, 1.807) is 19.1 Å². The molecule has 33 heavy (non-hydrogen) atoms. The fraction of sp³-hybridized carbons (Fsp3) is 0.222. The summed E-state index contributed by atoms with van der Waals surface area (Å²) in [5.74, 6) is -0.799. The zero-order chi connectivity index (χ0) is 23.8. The van der Waals surface area contributed by atoms with Crippen molar-refractivity contribution < 1.29 is 27.1 Å². The molecular formula is C18H17ClFN7O5S. The minimum atomic E-state index is -3.97. The monoisotopic (exact) mass is 497 g/mol. The highest BCUT2D eigenvalue weighted by atomic mass is 35.5. The normalized spacial score (nSPS) is 15.7. The summed E-state index contributed by atoms with van der Waals surface area (Å²) < 4.78 is 53.1. The molecule has 1 aromatic carbocycles. The van der Waals surface area contributed by atoms with Crippen LogP contribution in [-0.2, 0) is 16.8 Å². The van der Waals surface area contributed by atoms with E-state index in [1.165, 1.54) is 30.3 Å². The molecule has 4 rings (SSSR count). The zero-order valence-corrected chi connectivity index (χ0v) is 18.7. The number of aromatic nitrogens is 4. The number of halogens is 2. The lowest BCUT2D eigenvalue weighted by Crippen LogP contribution is -2.39. The van der Waals surface area contributed by atoms with Crippen molar-refractivity contribution in [3.05, 3.63) is 52.7 Å². The van der Waals surface area contributed by atoms with Gasteiger partial charge in [0.15, 0.2) is 11.6 Å².